The summed E-state index contributed by atoms with van der Waals surface area (Å²) in [4.78, 5) is 32.6. The topological polar surface area (TPSA) is 130 Å². The molecule has 0 radical (unpaired) electrons. The maximum atomic E-state index is 12.0. The van der Waals surface area contributed by atoms with Gasteiger partial charge in [-0.15, -0.1) is 5.10 Å². The van der Waals surface area contributed by atoms with Crippen molar-refractivity contribution in [1.29, 1.82) is 0 Å². The fourth-order valence-electron chi connectivity index (χ4n) is 3.58. The molecule has 0 aliphatic rings. The van der Waals surface area contributed by atoms with Crippen LogP contribution in [0.4, 0.5) is 4.79 Å². The van der Waals surface area contributed by atoms with Crippen molar-refractivity contribution in [1.82, 2.24) is 30.3 Å². The SMILES string of the molecule is COC(=O)c1ccc2c(c1)nc(OCCn1cc(CCNC(=O)OC(C)(C)C)nn1)c1ccncc12. The summed E-state index contributed by atoms with van der Waals surface area (Å²) in [5.74, 6) is -0.000418. The van der Waals surface area contributed by atoms with Gasteiger partial charge in [-0.1, -0.05) is 11.3 Å². The molecule has 188 valence electrons. The first-order valence-corrected chi connectivity index (χ1v) is 11.5. The monoisotopic (exact) mass is 492 g/mol. The standard InChI is InChI=1S/C25H28N6O5/c1-25(2,3)36-24(33)27-10-7-17-15-31(30-29-17)11-12-35-22-19-8-9-26-14-20(19)18-6-5-16(23(32)34-4)13-21(18)28-22/h5-6,8-9,13-15H,7,10-12H2,1-4H3,(H,27,33). The molecule has 0 spiro atoms. The van der Waals surface area contributed by atoms with Gasteiger partial charge in [-0.25, -0.2) is 19.3 Å². The maximum absolute atomic E-state index is 12.0. The van der Waals surface area contributed by atoms with Gasteiger partial charge in [-0.3, -0.25) is 4.98 Å². The number of esters is 1. The van der Waals surface area contributed by atoms with E-state index in [-0.39, 0.29) is 0 Å². The summed E-state index contributed by atoms with van der Waals surface area (Å²) in [6, 6.07) is 7.05. The Morgan fingerprint density at radius 1 is 1.11 bits per heavy atom. The number of ether oxygens (including phenoxy) is 3. The Morgan fingerprint density at radius 2 is 1.94 bits per heavy atom. The Bertz CT molecular complexity index is 1390. The van der Waals surface area contributed by atoms with Crippen LogP contribution in [0.1, 0.15) is 36.8 Å². The largest absolute Gasteiger partial charge is 0.475 e. The average molecular weight is 493 g/mol. The molecule has 1 aromatic carbocycles. The number of methoxy groups -OCH3 is 1. The molecule has 0 aliphatic carbocycles. The zero-order valence-corrected chi connectivity index (χ0v) is 20.6. The molecule has 3 heterocycles. The number of carbonyl (C=O) groups excluding carboxylic acids is 2. The summed E-state index contributed by atoms with van der Waals surface area (Å²) in [6.07, 6.45) is 5.29. The molecule has 36 heavy (non-hydrogen) atoms. The fraction of sp³-hybridized carbons (Fsp3) is 0.360. The molecule has 0 bridgehead atoms. The number of nitrogens with zero attached hydrogens (tertiary/aromatic N) is 5. The van der Waals surface area contributed by atoms with Crippen LogP contribution in [0.3, 0.4) is 0 Å². The van der Waals surface area contributed by atoms with E-state index in [1.165, 1.54) is 7.11 Å². The number of nitrogens with one attached hydrogen (secondary N) is 1. The number of hydrogen-bond donors (Lipinski definition) is 1. The first-order chi connectivity index (χ1) is 17.2. The second-order valence-corrected chi connectivity index (χ2v) is 9.06. The molecular weight excluding hydrogens is 464 g/mol. The number of alkyl carbamates (subject to hydrolysis) is 1. The second-order valence-electron chi connectivity index (χ2n) is 9.06. The first kappa shape index (κ1) is 24.8. The van der Waals surface area contributed by atoms with E-state index in [9.17, 15) is 9.59 Å². The summed E-state index contributed by atoms with van der Waals surface area (Å²) in [7, 11) is 1.34. The van der Waals surface area contributed by atoms with E-state index >= 15 is 0 Å². The number of carbonyl (C=O) groups is 2. The van der Waals surface area contributed by atoms with Crippen molar-refractivity contribution in [2.45, 2.75) is 39.3 Å². The summed E-state index contributed by atoms with van der Waals surface area (Å²) in [6.45, 7) is 6.57. The van der Waals surface area contributed by atoms with Gasteiger partial charge in [0.2, 0.25) is 5.88 Å². The molecule has 0 saturated carbocycles. The highest BCUT2D eigenvalue weighted by atomic mass is 16.6. The van der Waals surface area contributed by atoms with Gasteiger partial charge in [0, 0.05) is 47.7 Å². The fourth-order valence-corrected chi connectivity index (χ4v) is 3.58. The summed E-state index contributed by atoms with van der Waals surface area (Å²) in [5.41, 5.74) is 1.21. The van der Waals surface area contributed by atoms with Crippen LogP contribution in [-0.2, 0) is 22.4 Å². The van der Waals surface area contributed by atoms with Crippen molar-refractivity contribution >= 4 is 33.7 Å². The lowest BCUT2D eigenvalue weighted by Gasteiger charge is -2.19. The number of fused-ring (bicyclic) bond motifs is 3. The number of amides is 1. The maximum Gasteiger partial charge on any atom is 0.407 e. The zero-order valence-electron chi connectivity index (χ0n) is 20.6. The molecule has 0 aliphatic heterocycles. The van der Waals surface area contributed by atoms with Crippen molar-refractivity contribution in [3.63, 3.8) is 0 Å². The number of hydrogen-bond acceptors (Lipinski definition) is 9. The van der Waals surface area contributed by atoms with Crippen LogP contribution >= 0.6 is 0 Å². The van der Waals surface area contributed by atoms with Crippen LogP contribution in [0.5, 0.6) is 5.88 Å². The third-order valence-electron chi connectivity index (χ3n) is 5.18. The lowest BCUT2D eigenvalue weighted by atomic mass is 10.1. The number of aromatic nitrogens is 5. The van der Waals surface area contributed by atoms with Crippen molar-refractivity contribution in [2.24, 2.45) is 0 Å². The summed E-state index contributed by atoms with van der Waals surface area (Å²) < 4.78 is 17.7. The van der Waals surface area contributed by atoms with Crippen LogP contribution in [0, 0.1) is 0 Å². The van der Waals surface area contributed by atoms with Gasteiger partial charge in [-0.2, -0.15) is 0 Å². The Morgan fingerprint density at radius 3 is 2.72 bits per heavy atom. The van der Waals surface area contributed by atoms with Gasteiger partial charge in [0.1, 0.15) is 12.2 Å². The number of benzene rings is 1. The predicted octanol–water partition coefficient (Wildman–Crippen LogP) is 3.31. The molecule has 0 atom stereocenters. The second kappa shape index (κ2) is 10.5. The molecule has 1 N–H and O–H groups in total. The van der Waals surface area contributed by atoms with Crippen LogP contribution in [-0.4, -0.2) is 62.9 Å². The van der Waals surface area contributed by atoms with Crippen LogP contribution < -0.4 is 10.1 Å². The van der Waals surface area contributed by atoms with Crippen LogP contribution in [0.15, 0.2) is 42.9 Å². The van der Waals surface area contributed by atoms with E-state index in [2.05, 4.69) is 25.6 Å². The molecule has 0 saturated heterocycles. The average Bonchev–Trinajstić information content (AvgIpc) is 3.29. The quantitative estimate of drug-likeness (QED) is 0.291. The van der Waals surface area contributed by atoms with Gasteiger partial charge < -0.3 is 19.5 Å². The first-order valence-electron chi connectivity index (χ1n) is 11.5. The van der Waals surface area contributed by atoms with Crippen molar-refractivity contribution < 1.29 is 23.8 Å². The normalized spacial score (nSPS) is 11.4. The van der Waals surface area contributed by atoms with Crippen LogP contribution in [0.2, 0.25) is 0 Å². The summed E-state index contributed by atoms with van der Waals surface area (Å²) in [5, 5.41) is 13.5. The van der Waals surface area contributed by atoms with E-state index in [1.54, 1.807) is 35.4 Å². The van der Waals surface area contributed by atoms with Crippen molar-refractivity contribution in [3.05, 3.63) is 54.1 Å². The van der Waals surface area contributed by atoms with E-state index in [4.69, 9.17) is 14.2 Å². The molecule has 4 rings (SSSR count). The molecule has 11 heteroatoms. The van der Waals surface area contributed by atoms with Gasteiger partial charge in [0.15, 0.2) is 0 Å². The lowest BCUT2D eigenvalue weighted by Crippen LogP contribution is -2.33. The van der Waals surface area contributed by atoms with Crippen molar-refractivity contribution in [3.8, 4) is 5.88 Å². The van der Waals surface area contributed by atoms with Crippen molar-refractivity contribution in [2.75, 3.05) is 20.3 Å². The lowest BCUT2D eigenvalue weighted by molar-refractivity contribution is 0.0527. The molecule has 11 nitrogen and oxygen atoms in total. The molecule has 1 amide bonds. The highest BCUT2D eigenvalue weighted by molar-refractivity contribution is 6.08. The van der Waals surface area contributed by atoms with Gasteiger partial charge in [0.25, 0.3) is 0 Å². The molecule has 3 aromatic heterocycles. The smallest absolute Gasteiger partial charge is 0.407 e. The highest BCUT2D eigenvalue weighted by Crippen LogP contribution is 2.30. The van der Waals surface area contributed by atoms with E-state index in [1.807, 2.05) is 32.9 Å². The van der Waals surface area contributed by atoms with Crippen LogP contribution in [0.25, 0.3) is 21.7 Å². The Hall–Kier alpha value is -4.28. The van der Waals surface area contributed by atoms with Gasteiger partial charge >= 0.3 is 12.1 Å². The van der Waals surface area contributed by atoms with E-state index < -0.39 is 17.7 Å². The minimum Gasteiger partial charge on any atom is -0.475 e. The molecule has 4 aromatic rings. The number of pyridine rings is 2. The zero-order chi connectivity index (χ0) is 25.7. The molecular formula is C25H28N6O5. The summed E-state index contributed by atoms with van der Waals surface area (Å²) >= 11 is 0. The Labute approximate surface area is 207 Å². The third-order valence-corrected chi connectivity index (χ3v) is 5.18. The molecule has 0 fully saturated rings. The minimum absolute atomic E-state index is 0.297. The van der Waals surface area contributed by atoms with Gasteiger partial charge in [-0.05, 0) is 39.0 Å². The highest BCUT2D eigenvalue weighted by Gasteiger charge is 2.16. The third kappa shape index (κ3) is 6.04. The number of rotatable bonds is 8. The van der Waals surface area contributed by atoms with E-state index in [0.29, 0.717) is 43.1 Å². The minimum atomic E-state index is -0.543. The van der Waals surface area contributed by atoms with Gasteiger partial charge in [0.05, 0.1) is 30.4 Å². The Balaban J connectivity index is 1.40. The Kier molecular flexibility index (Phi) is 7.28. The van der Waals surface area contributed by atoms with E-state index in [0.717, 1.165) is 21.9 Å². The predicted molar refractivity (Wildman–Crippen MR) is 132 cm³/mol. The molecule has 0 unspecified atom stereocenters.